The molecule has 0 radical (unpaired) electrons. The van der Waals surface area contributed by atoms with Gasteiger partial charge in [0.15, 0.2) is 0 Å². The van der Waals surface area contributed by atoms with E-state index in [-0.39, 0.29) is 35.6 Å². The summed E-state index contributed by atoms with van der Waals surface area (Å²) in [6, 6.07) is 54.6. The molecule has 0 fully saturated rings. The van der Waals surface area contributed by atoms with Crippen LogP contribution in [-0.2, 0) is 35.5 Å². The molecule has 0 nitrogen and oxygen atoms in total. The fourth-order valence-electron chi connectivity index (χ4n) is 10.3. The Morgan fingerprint density at radius 2 is 1.20 bits per heavy atom. The number of fused-ring (bicyclic) bond motifs is 4. The number of hydrogen-bond donors (Lipinski definition) is 0. The van der Waals surface area contributed by atoms with Gasteiger partial charge in [-0.2, -0.15) is 0 Å². The Labute approximate surface area is 369 Å². The van der Waals surface area contributed by atoms with Gasteiger partial charge in [0.1, 0.15) is 0 Å². The molecule has 7 aromatic rings. The van der Waals surface area contributed by atoms with Crippen LogP contribution in [-0.4, -0.2) is 4.21 Å². The third kappa shape index (κ3) is 6.82. The average Bonchev–Trinajstić information content (AvgIpc) is 3.89. The van der Waals surface area contributed by atoms with Crippen LogP contribution in [0.3, 0.4) is 0 Å². The van der Waals surface area contributed by atoms with E-state index < -0.39 is 18.3 Å². The van der Waals surface area contributed by atoms with Crippen molar-refractivity contribution in [2.45, 2.75) is 65.2 Å². The van der Waals surface area contributed by atoms with E-state index >= 15 is 0 Å². The van der Waals surface area contributed by atoms with E-state index in [4.69, 9.17) is 15.8 Å². The molecule has 0 saturated carbocycles. The van der Waals surface area contributed by atoms with E-state index in [1.807, 2.05) is 6.07 Å². The molecule has 59 heavy (non-hydrogen) atoms. The van der Waals surface area contributed by atoms with Crippen LogP contribution in [0.15, 0.2) is 167 Å². The standard InChI is InChI=1S/C33H33.C10H7.C6H4Cl.C5H5.CH2.2ClH.Zr/c1-32(2,3)30-20-26-24(18-28(30)22-13-9-7-10-14-22)17-25-19-29(23-15-11-8-12-16-23)31(21-27(25)26)33(4,5)6;1-2-6-10-8-4-3-7-9(10)5-1;7-6-4-2-1-3-5-6;1-2-4-5-3-1;;;;/h7-16,18,20-21H,17H2,1-6H3;1-7H;1-2,4-5H;1-3H,4H2;1H2;2*1H;. The SMILES string of the molecule is Cl.Cl.[CH2]=[Zr]([C]1=CC=CC1)([c]1cccc(Cl)c1)([c]1c2c(cc(C(C)(C)C)c1-c1ccccc1)-c1cc(C(C)(C)C)c(-c3ccccc3)cc1C2)[c]1cccc2ccccc12. The molecule has 2 aliphatic carbocycles. The van der Waals surface area contributed by atoms with Gasteiger partial charge in [-0.1, -0.05) is 0 Å². The molecule has 0 spiro atoms. The van der Waals surface area contributed by atoms with Crippen molar-refractivity contribution in [3.8, 4) is 33.4 Å². The van der Waals surface area contributed by atoms with E-state index in [9.17, 15) is 0 Å². The molecule has 0 amide bonds. The van der Waals surface area contributed by atoms with Crippen molar-refractivity contribution in [1.82, 2.24) is 0 Å². The van der Waals surface area contributed by atoms with Crippen LogP contribution in [0.5, 0.6) is 0 Å². The fraction of sp³-hybridized carbons (Fsp3) is 0.182. The normalized spacial score (nSPS) is 13.7. The number of allylic oxidation sites excluding steroid dienone is 4. The van der Waals surface area contributed by atoms with Gasteiger partial charge in [-0.15, -0.1) is 24.8 Å². The number of rotatable bonds is 6. The predicted octanol–water partition coefficient (Wildman–Crippen LogP) is 14.1. The molecule has 0 bridgehead atoms. The molecule has 0 atom stereocenters. The monoisotopic (exact) mass is 908 g/mol. The van der Waals surface area contributed by atoms with Gasteiger partial charge in [-0.3, -0.25) is 0 Å². The molecule has 4 heteroatoms. The minimum atomic E-state index is -5.42. The molecule has 0 aliphatic heterocycles. The van der Waals surface area contributed by atoms with E-state index in [1.165, 1.54) is 79.5 Å². The first-order chi connectivity index (χ1) is 27.3. The maximum absolute atomic E-state index is 7.17. The van der Waals surface area contributed by atoms with Crippen molar-refractivity contribution in [1.29, 1.82) is 0 Å². The molecule has 298 valence electrons. The summed E-state index contributed by atoms with van der Waals surface area (Å²) >= 11 is 1.75. The summed E-state index contributed by atoms with van der Waals surface area (Å²) in [4.78, 5) is 0. The molecule has 0 heterocycles. The van der Waals surface area contributed by atoms with Crippen LogP contribution in [0.25, 0.3) is 44.2 Å². The third-order valence-electron chi connectivity index (χ3n) is 13.0. The van der Waals surface area contributed by atoms with E-state index in [2.05, 4.69) is 199 Å². The molecule has 2 aliphatic rings. The summed E-state index contributed by atoms with van der Waals surface area (Å²) in [5.41, 5.74) is 13.2. The molecule has 9 rings (SSSR count). The molecular weight excluding hydrogens is 858 g/mol. The zero-order valence-electron chi connectivity index (χ0n) is 34.9. The van der Waals surface area contributed by atoms with E-state index in [0.29, 0.717) is 0 Å². The van der Waals surface area contributed by atoms with Crippen molar-refractivity contribution in [3.05, 3.63) is 194 Å². The van der Waals surface area contributed by atoms with Gasteiger partial charge < -0.3 is 0 Å². The Hall–Kier alpha value is -4.10. The molecule has 0 N–H and O–H groups in total. The van der Waals surface area contributed by atoms with Crippen molar-refractivity contribution >= 4 is 61.2 Å². The molecule has 0 unspecified atom stereocenters. The van der Waals surface area contributed by atoms with Gasteiger partial charge in [-0.25, -0.2) is 0 Å². The first-order valence-electron chi connectivity index (χ1n) is 20.4. The van der Waals surface area contributed by atoms with Crippen molar-refractivity contribution in [2.75, 3.05) is 0 Å². The van der Waals surface area contributed by atoms with Crippen LogP contribution >= 0.6 is 36.4 Å². The Kier molecular flexibility index (Phi) is 11.5. The summed E-state index contributed by atoms with van der Waals surface area (Å²) in [7, 11) is 0. The Morgan fingerprint density at radius 3 is 1.85 bits per heavy atom. The summed E-state index contributed by atoms with van der Waals surface area (Å²) in [5, 5.41) is 3.26. The summed E-state index contributed by atoms with van der Waals surface area (Å²) in [5.74, 6) is 0. The van der Waals surface area contributed by atoms with Crippen molar-refractivity contribution < 1.29 is 18.3 Å². The third-order valence-corrected chi connectivity index (χ3v) is 29.6. The Bertz CT molecular complexity index is 2860. The topological polar surface area (TPSA) is 0 Å². The van der Waals surface area contributed by atoms with Gasteiger partial charge in [0.05, 0.1) is 0 Å². The molecule has 0 aromatic heterocycles. The number of halogens is 3. The van der Waals surface area contributed by atoms with Gasteiger partial charge in [-0.05, 0) is 0 Å². The number of benzene rings is 7. The van der Waals surface area contributed by atoms with E-state index in [1.54, 1.807) is 0 Å². The minimum absolute atomic E-state index is 0. The second-order valence-electron chi connectivity index (χ2n) is 18.5. The summed E-state index contributed by atoms with van der Waals surface area (Å²) in [6.07, 6.45) is 8.73. The summed E-state index contributed by atoms with van der Waals surface area (Å²) in [6.45, 7) is 14.2. The Balaban J connectivity index is 0.00000264. The number of hydrogen-bond acceptors (Lipinski definition) is 0. The van der Waals surface area contributed by atoms with Gasteiger partial charge in [0.2, 0.25) is 0 Å². The first kappa shape index (κ1) is 43.0. The molecule has 7 aromatic carbocycles. The van der Waals surface area contributed by atoms with Crippen LogP contribution in [0, 0.1) is 0 Å². The average molecular weight is 912 g/mol. The molecular formula is C55H53Cl3Zr. The van der Waals surface area contributed by atoms with Crippen LogP contribution in [0.4, 0.5) is 0 Å². The maximum atomic E-state index is 7.17. The van der Waals surface area contributed by atoms with Gasteiger partial charge in [0, 0.05) is 0 Å². The second kappa shape index (κ2) is 15.7. The van der Waals surface area contributed by atoms with Gasteiger partial charge >= 0.3 is 348 Å². The van der Waals surface area contributed by atoms with Crippen molar-refractivity contribution in [2.24, 2.45) is 0 Å². The zero-order chi connectivity index (χ0) is 39.8. The predicted molar refractivity (Wildman–Crippen MR) is 261 cm³/mol. The second-order valence-corrected chi connectivity index (χ2v) is 31.6. The van der Waals surface area contributed by atoms with E-state index in [0.717, 1.165) is 17.9 Å². The summed E-state index contributed by atoms with van der Waals surface area (Å²) < 4.78 is 11.5. The first-order valence-corrected chi connectivity index (χ1v) is 27.4. The molecule has 0 saturated heterocycles. The quantitative estimate of drug-likeness (QED) is 0.156. The zero-order valence-corrected chi connectivity index (χ0v) is 39.8. The van der Waals surface area contributed by atoms with Gasteiger partial charge in [0.25, 0.3) is 0 Å². The van der Waals surface area contributed by atoms with Crippen molar-refractivity contribution in [3.63, 3.8) is 0 Å². The van der Waals surface area contributed by atoms with Crippen LogP contribution in [0.2, 0.25) is 5.02 Å². The van der Waals surface area contributed by atoms with Crippen LogP contribution in [0.1, 0.15) is 70.2 Å². The fourth-order valence-corrected chi connectivity index (χ4v) is 27.6. The van der Waals surface area contributed by atoms with Crippen LogP contribution < -0.4 is 9.81 Å². The Morgan fingerprint density at radius 1 is 0.593 bits per heavy atom.